The van der Waals surface area contributed by atoms with Gasteiger partial charge in [0.25, 0.3) is 10.0 Å². The Bertz CT molecular complexity index is 598. The van der Waals surface area contributed by atoms with E-state index in [2.05, 4.69) is 10.4 Å². The molecular weight excluding hydrogens is 284 g/mol. The molecule has 0 saturated heterocycles. The van der Waals surface area contributed by atoms with Crippen molar-refractivity contribution >= 4 is 21.8 Å². The zero-order valence-electron chi connectivity index (χ0n) is 12.5. The van der Waals surface area contributed by atoms with Crippen molar-refractivity contribution in [2.45, 2.75) is 31.4 Å². The number of carbonyl (C=O) groups excluding carboxylic acids is 1. The van der Waals surface area contributed by atoms with Crippen molar-refractivity contribution in [1.82, 2.24) is 14.1 Å². The third-order valence-corrected chi connectivity index (χ3v) is 4.18. The summed E-state index contributed by atoms with van der Waals surface area (Å²) in [7, 11) is 0.567. The van der Waals surface area contributed by atoms with E-state index in [0.717, 1.165) is 4.31 Å². The molecule has 0 atom stereocenters. The minimum Gasteiger partial charge on any atom is -0.444 e. The molecule has 0 aliphatic rings. The summed E-state index contributed by atoms with van der Waals surface area (Å²) < 4.78 is 31.7. The number of aryl methyl sites for hydroxylation is 1. The highest BCUT2D eigenvalue weighted by atomic mass is 32.2. The second-order valence-electron chi connectivity index (χ2n) is 5.40. The Kier molecular flexibility index (Phi) is 4.45. The van der Waals surface area contributed by atoms with Crippen LogP contribution in [0.4, 0.5) is 10.5 Å². The van der Waals surface area contributed by atoms with E-state index >= 15 is 0 Å². The molecule has 1 rings (SSSR count). The minimum absolute atomic E-state index is 0.0791. The van der Waals surface area contributed by atoms with Gasteiger partial charge in [-0.3, -0.25) is 10.00 Å². The molecule has 0 spiro atoms. The number of amides is 1. The standard InChI is InChI=1S/C11H20N4O4S/c1-11(2,3)19-10(16)13-8-7-12-15(6)9(8)20(17,18)14(4)5/h7H,1-6H3,(H,13,16). The van der Waals surface area contributed by atoms with Gasteiger partial charge in [0.05, 0.1) is 6.20 Å². The van der Waals surface area contributed by atoms with E-state index in [1.165, 1.54) is 32.0 Å². The molecule has 1 N–H and O–H groups in total. The Labute approximate surface area is 118 Å². The molecule has 1 amide bonds. The first-order valence-electron chi connectivity index (χ1n) is 5.89. The molecule has 0 aliphatic heterocycles. The number of hydrogen-bond acceptors (Lipinski definition) is 5. The van der Waals surface area contributed by atoms with Crippen LogP contribution >= 0.6 is 0 Å². The van der Waals surface area contributed by atoms with Crippen molar-refractivity contribution in [3.8, 4) is 0 Å². The van der Waals surface area contributed by atoms with Crippen LogP contribution in [-0.4, -0.2) is 48.3 Å². The number of nitrogens with zero attached hydrogens (tertiary/aromatic N) is 3. The number of sulfonamides is 1. The van der Waals surface area contributed by atoms with Crippen LogP contribution in [-0.2, 0) is 21.8 Å². The Balaban J connectivity index is 3.09. The fraction of sp³-hybridized carbons (Fsp3) is 0.636. The Hall–Kier alpha value is -1.61. The molecule has 0 aromatic carbocycles. The first-order valence-corrected chi connectivity index (χ1v) is 7.33. The Morgan fingerprint density at radius 2 is 1.95 bits per heavy atom. The fourth-order valence-electron chi connectivity index (χ4n) is 1.40. The van der Waals surface area contributed by atoms with Crippen LogP contribution in [0.25, 0.3) is 0 Å². The first kappa shape index (κ1) is 16.4. The molecule has 0 saturated carbocycles. The van der Waals surface area contributed by atoms with Crippen LogP contribution in [0.3, 0.4) is 0 Å². The lowest BCUT2D eigenvalue weighted by Gasteiger charge is -2.20. The van der Waals surface area contributed by atoms with Gasteiger partial charge in [0, 0.05) is 21.1 Å². The van der Waals surface area contributed by atoms with Crippen LogP contribution in [0.5, 0.6) is 0 Å². The van der Waals surface area contributed by atoms with Gasteiger partial charge in [-0.15, -0.1) is 0 Å². The average molecular weight is 304 g/mol. The predicted octanol–water partition coefficient (Wildman–Crippen LogP) is 1.02. The van der Waals surface area contributed by atoms with Gasteiger partial charge in [-0.1, -0.05) is 0 Å². The molecule has 0 bridgehead atoms. The topological polar surface area (TPSA) is 93.5 Å². The second-order valence-corrected chi connectivity index (χ2v) is 7.47. The summed E-state index contributed by atoms with van der Waals surface area (Å²) in [4.78, 5) is 11.7. The number of hydrogen-bond donors (Lipinski definition) is 1. The molecule has 114 valence electrons. The van der Waals surface area contributed by atoms with Crippen LogP contribution in [0, 0.1) is 0 Å². The average Bonchev–Trinajstić information content (AvgIpc) is 2.56. The summed E-state index contributed by atoms with van der Waals surface area (Å²) in [6.07, 6.45) is 0.529. The summed E-state index contributed by atoms with van der Waals surface area (Å²) in [6, 6.07) is 0. The third-order valence-electron chi connectivity index (χ3n) is 2.25. The van der Waals surface area contributed by atoms with Crippen molar-refractivity contribution in [3.63, 3.8) is 0 Å². The van der Waals surface area contributed by atoms with E-state index in [1.54, 1.807) is 20.8 Å². The van der Waals surface area contributed by atoms with E-state index in [-0.39, 0.29) is 10.7 Å². The van der Waals surface area contributed by atoms with Crippen molar-refractivity contribution in [2.24, 2.45) is 7.05 Å². The Morgan fingerprint density at radius 3 is 2.40 bits per heavy atom. The highest BCUT2D eigenvalue weighted by Gasteiger charge is 2.27. The number of carbonyl (C=O) groups is 1. The zero-order chi connectivity index (χ0) is 15.7. The minimum atomic E-state index is -3.72. The summed E-state index contributed by atoms with van der Waals surface area (Å²) in [5.41, 5.74) is -0.595. The van der Waals surface area contributed by atoms with E-state index in [9.17, 15) is 13.2 Å². The van der Waals surface area contributed by atoms with Gasteiger partial charge < -0.3 is 4.74 Å². The van der Waals surface area contributed by atoms with Crippen molar-refractivity contribution < 1.29 is 17.9 Å². The van der Waals surface area contributed by atoms with Crippen LogP contribution in [0.1, 0.15) is 20.8 Å². The maximum absolute atomic E-state index is 12.2. The van der Waals surface area contributed by atoms with Crippen molar-refractivity contribution in [3.05, 3.63) is 6.20 Å². The SMILES string of the molecule is CN(C)S(=O)(=O)c1c(NC(=O)OC(C)(C)C)cnn1C. The van der Waals surface area contributed by atoms with Gasteiger partial charge in [-0.05, 0) is 20.8 Å². The molecule has 1 aromatic heterocycles. The van der Waals surface area contributed by atoms with Crippen molar-refractivity contribution in [2.75, 3.05) is 19.4 Å². The summed E-state index contributed by atoms with van der Waals surface area (Å²) in [6.45, 7) is 5.15. The number of anilines is 1. The van der Waals surface area contributed by atoms with Gasteiger partial charge in [0.2, 0.25) is 0 Å². The number of aromatic nitrogens is 2. The second kappa shape index (κ2) is 5.41. The number of rotatable bonds is 3. The maximum atomic E-state index is 12.2. The fourth-order valence-corrected chi connectivity index (χ4v) is 2.51. The van der Waals surface area contributed by atoms with Crippen LogP contribution < -0.4 is 5.32 Å². The molecule has 9 heteroatoms. The highest BCUT2D eigenvalue weighted by Crippen LogP contribution is 2.23. The third kappa shape index (κ3) is 3.70. The maximum Gasteiger partial charge on any atom is 0.412 e. The van der Waals surface area contributed by atoms with E-state index in [1.807, 2.05) is 0 Å². The molecule has 1 aromatic rings. The molecule has 8 nitrogen and oxygen atoms in total. The summed E-state index contributed by atoms with van der Waals surface area (Å²) in [5.74, 6) is 0. The van der Waals surface area contributed by atoms with E-state index < -0.39 is 21.7 Å². The van der Waals surface area contributed by atoms with Gasteiger partial charge >= 0.3 is 6.09 Å². The largest absolute Gasteiger partial charge is 0.444 e. The van der Waals surface area contributed by atoms with Crippen molar-refractivity contribution in [1.29, 1.82) is 0 Å². The lowest BCUT2D eigenvalue weighted by molar-refractivity contribution is 0.0635. The lowest BCUT2D eigenvalue weighted by atomic mass is 10.2. The molecule has 1 heterocycles. The molecule has 20 heavy (non-hydrogen) atoms. The van der Waals surface area contributed by atoms with Gasteiger partial charge in [0.15, 0.2) is 5.03 Å². The van der Waals surface area contributed by atoms with E-state index in [0.29, 0.717) is 0 Å². The molecule has 0 aliphatic carbocycles. The molecular formula is C11H20N4O4S. The monoisotopic (exact) mass is 304 g/mol. The molecule has 0 unspecified atom stereocenters. The summed E-state index contributed by atoms with van der Waals surface area (Å²) >= 11 is 0. The predicted molar refractivity (Wildman–Crippen MR) is 73.9 cm³/mol. The summed E-state index contributed by atoms with van der Waals surface area (Å²) in [5, 5.41) is 6.15. The van der Waals surface area contributed by atoms with Gasteiger partial charge in [-0.2, -0.15) is 5.10 Å². The van der Waals surface area contributed by atoms with Crippen LogP contribution in [0.15, 0.2) is 11.2 Å². The highest BCUT2D eigenvalue weighted by molar-refractivity contribution is 7.89. The van der Waals surface area contributed by atoms with Crippen LogP contribution in [0.2, 0.25) is 0 Å². The molecule has 0 radical (unpaired) electrons. The van der Waals surface area contributed by atoms with Gasteiger partial charge in [-0.25, -0.2) is 17.5 Å². The van der Waals surface area contributed by atoms with E-state index in [4.69, 9.17) is 4.74 Å². The first-order chi connectivity index (χ1) is 8.95. The normalized spacial score (nSPS) is 12.6. The Morgan fingerprint density at radius 1 is 1.40 bits per heavy atom. The number of ether oxygens (including phenoxy) is 1. The smallest absolute Gasteiger partial charge is 0.412 e. The quantitative estimate of drug-likeness (QED) is 0.899. The van der Waals surface area contributed by atoms with Gasteiger partial charge in [0.1, 0.15) is 11.3 Å². The molecule has 0 fully saturated rings. The lowest BCUT2D eigenvalue weighted by Crippen LogP contribution is -2.29. The number of nitrogens with one attached hydrogen (secondary N) is 1. The zero-order valence-corrected chi connectivity index (χ0v) is 13.3.